The zero-order valence-electron chi connectivity index (χ0n) is 17.1. The highest BCUT2D eigenvalue weighted by molar-refractivity contribution is 14.0. The number of aromatic nitrogens is 1. The lowest BCUT2D eigenvalue weighted by Gasteiger charge is -2.12. The summed E-state index contributed by atoms with van der Waals surface area (Å²) in [5.74, 6) is 1.64. The number of ether oxygens (including phenoxy) is 2. The summed E-state index contributed by atoms with van der Waals surface area (Å²) in [6.07, 6.45) is 0.936. The molecule has 1 aromatic heterocycles. The average Bonchev–Trinajstić information content (AvgIpc) is 3.00. The molecule has 2 N–H and O–H groups in total. The zero-order valence-corrected chi connectivity index (χ0v) is 20.2. The van der Waals surface area contributed by atoms with Crippen molar-refractivity contribution in [1.82, 2.24) is 15.6 Å². The van der Waals surface area contributed by atoms with Gasteiger partial charge in [-0.05, 0) is 44.9 Å². The van der Waals surface area contributed by atoms with E-state index in [9.17, 15) is 0 Å². The molecule has 6 nitrogen and oxygen atoms in total. The van der Waals surface area contributed by atoms with E-state index in [1.165, 1.54) is 4.88 Å². The van der Waals surface area contributed by atoms with Gasteiger partial charge >= 0.3 is 0 Å². The summed E-state index contributed by atoms with van der Waals surface area (Å²) in [5.41, 5.74) is 2.21. The van der Waals surface area contributed by atoms with Crippen LogP contribution in [-0.2, 0) is 17.8 Å². The number of nitrogens with one attached hydrogen (secondary N) is 2. The molecule has 0 radical (unpaired) electrons. The standard InChI is InChI=1S/C20H30N4O2S.HI/c1-5-26-12-6-11-21-20(23-14-19-15(2)27-16(3)24-19)22-13-17-7-9-18(25-4)10-8-17;/h7-10H,5-6,11-14H2,1-4H3,(H2,21,22,23);1H. The minimum atomic E-state index is 0. The SMILES string of the molecule is CCOCCCNC(=NCc1ccc(OC)cc1)NCc1nc(C)sc1C.I. The molecule has 0 aliphatic carbocycles. The topological polar surface area (TPSA) is 67.8 Å². The van der Waals surface area contributed by atoms with Gasteiger partial charge in [-0.2, -0.15) is 0 Å². The molecule has 0 aliphatic rings. The van der Waals surface area contributed by atoms with Gasteiger partial charge in [-0.25, -0.2) is 9.98 Å². The van der Waals surface area contributed by atoms with Crippen LogP contribution in [0.3, 0.4) is 0 Å². The number of halogens is 1. The molecule has 0 bridgehead atoms. The third-order valence-corrected chi connectivity index (χ3v) is 4.89. The Morgan fingerprint density at radius 2 is 1.93 bits per heavy atom. The molecule has 2 rings (SSSR count). The van der Waals surface area contributed by atoms with Crippen LogP contribution in [0.15, 0.2) is 29.3 Å². The summed E-state index contributed by atoms with van der Waals surface area (Å²) in [4.78, 5) is 10.5. The van der Waals surface area contributed by atoms with Crippen molar-refractivity contribution in [3.05, 3.63) is 45.4 Å². The van der Waals surface area contributed by atoms with Gasteiger partial charge in [0.15, 0.2) is 5.96 Å². The lowest BCUT2D eigenvalue weighted by molar-refractivity contribution is 0.145. The molecule has 0 saturated heterocycles. The summed E-state index contributed by atoms with van der Waals surface area (Å²) in [7, 11) is 1.67. The molecule has 0 atom stereocenters. The van der Waals surface area contributed by atoms with Crippen molar-refractivity contribution in [3.8, 4) is 5.75 Å². The van der Waals surface area contributed by atoms with E-state index in [1.54, 1.807) is 18.4 Å². The molecule has 1 aromatic carbocycles. The third-order valence-electron chi connectivity index (χ3n) is 3.96. The Bertz CT molecular complexity index is 719. The Labute approximate surface area is 189 Å². The van der Waals surface area contributed by atoms with Gasteiger partial charge < -0.3 is 20.1 Å². The molecule has 1 heterocycles. The van der Waals surface area contributed by atoms with Crippen LogP contribution in [0, 0.1) is 13.8 Å². The van der Waals surface area contributed by atoms with E-state index in [0.717, 1.165) is 54.2 Å². The second-order valence-electron chi connectivity index (χ2n) is 6.08. The molecule has 0 spiro atoms. The smallest absolute Gasteiger partial charge is 0.191 e. The summed E-state index contributed by atoms with van der Waals surface area (Å²) < 4.78 is 10.6. The van der Waals surface area contributed by atoms with E-state index >= 15 is 0 Å². The summed E-state index contributed by atoms with van der Waals surface area (Å²) in [6.45, 7) is 9.71. The second-order valence-corrected chi connectivity index (χ2v) is 7.49. The van der Waals surface area contributed by atoms with Gasteiger partial charge in [0.1, 0.15) is 5.75 Å². The van der Waals surface area contributed by atoms with Gasteiger partial charge in [0, 0.05) is 24.6 Å². The molecule has 0 amide bonds. The minimum absolute atomic E-state index is 0. The average molecular weight is 518 g/mol. The molecule has 156 valence electrons. The van der Waals surface area contributed by atoms with Crippen molar-refractivity contribution < 1.29 is 9.47 Å². The Balaban J connectivity index is 0.00000392. The number of hydrogen-bond donors (Lipinski definition) is 2. The lowest BCUT2D eigenvalue weighted by Crippen LogP contribution is -2.38. The third kappa shape index (κ3) is 8.74. The predicted octanol–water partition coefficient (Wildman–Crippen LogP) is 4.05. The van der Waals surface area contributed by atoms with Gasteiger partial charge in [-0.3, -0.25) is 0 Å². The Hall–Kier alpha value is -1.39. The van der Waals surface area contributed by atoms with Crippen molar-refractivity contribution >= 4 is 41.3 Å². The summed E-state index contributed by atoms with van der Waals surface area (Å²) in [5, 5.41) is 7.86. The predicted molar refractivity (Wildman–Crippen MR) is 127 cm³/mol. The molecule has 0 aliphatic heterocycles. The van der Waals surface area contributed by atoms with Crippen LogP contribution >= 0.6 is 35.3 Å². The molecule has 8 heteroatoms. The molecule has 28 heavy (non-hydrogen) atoms. The molecule has 0 unspecified atom stereocenters. The van der Waals surface area contributed by atoms with Crippen molar-refractivity contribution in [2.24, 2.45) is 4.99 Å². The van der Waals surface area contributed by atoms with E-state index in [-0.39, 0.29) is 24.0 Å². The van der Waals surface area contributed by atoms with Gasteiger partial charge in [-0.15, -0.1) is 35.3 Å². The zero-order chi connectivity index (χ0) is 19.5. The van der Waals surface area contributed by atoms with Gasteiger partial charge in [-0.1, -0.05) is 12.1 Å². The van der Waals surface area contributed by atoms with E-state index < -0.39 is 0 Å². The number of benzene rings is 1. The van der Waals surface area contributed by atoms with Crippen molar-refractivity contribution in [2.75, 3.05) is 26.9 Å². The van der Waals surface area contributed by atoms with Crippen LogP contribution in [-0.4, -0.2) is 37.8 Å². The number of aryl methyl sites for hydroxylation is 2. The molecular weight excluding hydrogens is 487 g/mol. The first-order chi connectivity index (χ1) is 13.1. The highest BCUT2D eigenvalue weighted by Crippen LogP contribution is 2.16. The van der Waals surface area contributed by atoms with Crippen molar-refractivity contribution in [2.45, 2.75) is 40.3 Å². The molecule has 0 fully saturated rings. The lowest BCUT2D eigenvalue weighted by atomic mass is 10.2. The van der Waals surface area contributed by atoms with E-state index in [0.29, 0.717) is 13.1 Å². The van der Waals surface area contributed by atoms with Crippen LogP contribution < -0.4 is 15.4 Å². The summed E-state index contributed by atoms with van der Waals surface area (Å²) in [6, 6.07) is 7.97. The maximum atomic E-state index is 5.39. The Morgan fingerprint density at radius 1 is 1.18 bits per heavy atom. The quantitative estimate of drug-likeness (QED) is 0.215. The van der Waals surface area contributed by atoms with Crippen LogP contribution in [0.4, 0.5) is 0 Å². The van der Waals surface area contributed by atoms with Crippen LogP contribution in [0.25, 0.3) is 0 Å². The second kappa shape index (κ2) is 13.7. The molecular formula is C20H31IN4O2S. The van der Waals surface area contributed by atoms with Crippen molar-refractivity contribution in [3.63, 3.8) is 0 Å². The number of aliphatic imine (C=N–C) groups is 1. The minimum Gasteiger partial charge on any atom is -0.497 e. The van der Waals surface area contributed by atoms with E-state index in [4.69, 9.17) is 14.5 Å². The number of rotatable bonds is 10. The van der Waals surface area contributed by atoms with Gasteiger partial charge in [0.2, 0.25) is 0 Å². The monoisotopic (exact) mass is 518 g/mol. The Kier molecular flexibility index (Phi) is 12.1. The van der Waals surface area contributed by atoms with Crippen LogP contribution in [0.5, 0.6) is 5.75 Å². The Morgan fingerprint density at radius 3 is 2.54 bits per heavy atom. The normalized spacial score (nSPS) is 11.1. The van der Waals surface area contributed by atoms with Crippen LogP contribution in [0.1, 0.15) is 34.5 Å². The maximum Gasteiger partial charge on any atom is 0.191 e. The van der Waals surface area contributed by atoms with Crippen LogP contribution in [0.2, 0.25) is 0 Å². The van der Waals surface area contributed by atoms with Gasteiger partial charge in [0.05, 0.1) is 30.9 Å². The van der Waals surface area contributed by atoms with E-state index in [2.05, 4.69) is 22.5 Å². The number of methoxy groups -OCH3 is 1. The molecule has 0 saturated carbocycles. The first-order valence-corrected chi connectivity index (χ1v) is 10.1. The largest absolute Gasteiger partial charge is 0.497 e. The first-order valence-electron chi connectivity index (χ1n) is 9.28. The van der Waals surface area contributed by atoms with Crippen molar-refractivity contribution in [1.29, 1.82) is 0 Å². The molecule has 2 aromatic rings. The number of thiazole rings is 1. The number of hydrogen-bond acceptors (Lipinski definition) is 5. The van der Waals surface area contributed by atoms with E-state index in [1.807, 2.05) is 38.1 Å². The summed E-state index contributed by atoms with van der Waals surface area (Å²) >= 11 is 1.72. The first kappa shape index (κ1) is 24.6. The number of guanidine groups is 1. The highest BCUT2D eigenvalue weighted by Gasteiger charge is 2.06. The fraction of sp³-hybridized carbons (Fsp3) is 0.500. The fourth-order valence-electron chi connectivity index (χ4n) is 2.50. The maximum absolute atomic E-state index is 5.39. The van der Waals surface area contributed by atoms with Gasteiger partial charge in [0.25, 0.3) is 0 Å². The highest BCUT2D eigenvalue weighted by atomic mass is 127. The number of nitrogens with zero attached hydrogens (tertiary/aromatic N) is 2. The fourth-order valence-corrected chi connectivity index (χ4v) is 3.34.